The molecule has 1 rings (SSSR count). The number of aromatic nitrogens is 1. The third-order valence-corrected chi connectivity index (χ3v) is 2.51. The van der Waals surface area contributed by atoms with Crippen molar-refractivity contribution in [3.63, 3.8) is 0 Å². The second-order valence-electron chi connectivity index (χ2n) is 5.62. The Balaban J connectivity index is 2.41. The highest BCUT2D eigenvalue weighted by Crippen LogP contribution is 2.17. The molecule has 0 spiro atoms. The number of ether oxygens (including phenoxy) is 2. The van der Waals surface area contributed by atoms with Crippen molar-refractivity contribution in [2.75, 3.05) is 6.61 Å². The van der Waals surface area contributed by atoms with Gasteiger partial charge in [-0.25, -0.2) is 9.78 Å². The Morgan fingerprint density at radius 1 is 1.39 bits per heavy atom. The van der Waals surface area contributed by atoms with E-state index in [1.54, 1.807) is 11.7 Å². The number of alkyl carbamates (subject to hydrolysis) is 1. The van der Waals surface area contributed by atoms with E-state index in [1.807, 2.05) is 34.6 Å². The van der Waals surface area contributed by atoms with Crippen molar-refractivity contribution in [3.8, 4) is 5.06 Å². The van der Waals surface area contributed by atoms with Gasteiger partial charge in [-0.1, -0.05) is 11.3 Å². The van der Waals surface area contributed by atoms with Gasteiger partial charge in [0.25, 0.3) is 0 Å². The summed E-state index contributed by atoms with van der Waals surface area (Å²) < 4.78 is 10.7. The third-order valence-electron chi connectivity index (χ3n) is 1.82. The summed E-state index contributed by atoms with van der Waals surface area (Å²) >= 11 is 1.42. The van der Waals surface area contributed by atoms with Crippen LogP contribution in [-0.2, 0) is 4.74 Å². The fraction of sp³-hybridized carbons (Fsp3) is 0.667. The highest BCUT2D eigenvalue weighted by Gasteiger charge is 2.25. The first-order chi connectivity index (χ1) is 8.18. The molecule has 0 aliphatic carbocycles. The molecule has 0 aromatic carbocycles. The highest BCUT2D eigenvalue weighted by atomic mass is 32.1. The second kappa shape index (κ2) is 5.56. The third kappa shape index (κ3) is 5.86. The Morgan fingerprint density at radius 2 is 2.06 bits per heavy atom. The number of nitrogens with zero attached hydrogens (tertiary/aromatic N) is 1. The summed E-state index contributed by atoms with van der Waals surface area (Å²) in [4.78, 5) is 15.6. The minimum absolute atomic E-state index is 0.356. The van der Waals surface area contributed by atoms with Gasteiger partial charge < -0.3 is 14.8 Å². The molecule has 0 aliphatic heterocycles. The summed E-state index contributed by atoms with van der Waals surface area (Å²) in [6.45, 7) is 9.58. The normalized spacial score (nSPS) is 12.1. The quantitative estimate of drug-likeness (QED) is 0.915. The van der Waals surface area contributed by atoms with Gasteiger partial charge in [0, 0.05) is 0 Å². The number of rotatable bonds is 4. The first kappa shape index (κ1) is 14.8. The molecule has 0 aliphatic rings. The van der Waals surface area contributed by atoms with E-state index >= 15 is 0 Å². The minimum Gasteiger partial charge on any atom is -0.480 e. The lowest BCUT2D eigenvalue weighted by Crippen LogP contribution is -2.49. The summed E-state index contributed by atoms with van der Waals surface area (Å²) in [7, 11) is 0. The van der Waals surface area contributed by atoms with Gasteiger partial charge >= 0.3 is 6.09 Å². The van der Waals surface area contributed by atoms with Crippen LogP contribution in [0, 0.1) is 0 Å². The zero-order chi connectivity index (χ0) is 13.8. The van der Waals surface area contributed by atoms with Gasteiger partial charge in [0.15, 0.2) is 5.06 Å². The van der Waals surface area contributed by atoms with Crippen LogP contribution in [0.25, 0.3) is 0 Å². The molecule has 1 N–H and O–H groups in total. The molecule has 1 aromatic heterocycles. The topological polar surface area (TPSA) is 60.5 Å². The summed E-state index contributed by atoms with van der Waals surface area (Å²) in [6, 6.07) is 0. The number of hydrogen-bond acceptors (Lipinski definition) is 5. The molecule has 1 aromatic rings. The summed E-state index contributed by atoms with van der Waals surface area (Å²) in [5.74, 6) is 0. The molecule has 0 bridgehead atoms. The molecular formula is C12H20N2O3S. The smallest absolute Gasteiger partial charge is 0.408 e. The van der Waals surface area contributed by atoms with Crippen molar-refractivity contribution in [1.82, 2.24) is 10.3 Å². The molecule has 0 fully saturated rings. The highest BCUT2D eigenvalue weighted by molar-refractivity contribution is 7.11. The molecule has 6 heteroatoms. The van der Waals surface area contributed by atoms with Gasteiger partial charge in [0.1, 0.15) is 12.2 Å². The number of amides is 1. The monoisotopic (exact) mass is 272 g/mol. The average Bonchev–Trinajstić information content (AvgIpc) is 2.62. The first-order valence-electron chi connectivity index (χ1n) is 5.70. The van der Waals surface area contributed by atoms with Crippen LogP contribution in [0.4, 0.5) is 4.79 Å². The van der Waals surface area contributed by atoms with Crippen molar-refractivity contribution in [2.24, 2.45) is 0 Å². The predicted molar refractivity (Wildman–Crippen MR) is 71.1 cm³/mol. The maximum absolute atomic E-state index is 11.6. The van der Waals surface area contributed by atoms with Crippen molar-refractivity contribution in [1.29, 1.82) is 0 Å². The molecular weight excluding hydrogens is 252 g/mol. The summed E-state index contributed by atoms with van der Waals surface area (Å²) in [5.41, 5.74) is 0.689. The Morgan fingerprint density at radius 3 is 2.56 bits per heavy atom. The van der Waals surface area contributed by atoms with Gasteiger partial charge in [-0.15, -0.1) is 0 Å². The molecule has 0 saturated carbocycles. The van der Waals surface area contributed by atoms with E-state index in [0.29, 0.717) is 6.61 Å². The molecule has 0 radical (unpaired) electrons. The minimum atomic E-state index is -0.508. The van der Waals surface area contributed by atoms with E-state index in [-0.39, 0.29) is 0 Å². The average molecular weight is 272 g/mol. The lowest BCUT2D eigenvalue weighted by Gasteiger charge is -2.28. The first-order valence-corrected chi connectivity index (χ1v) is 6.58. The van der Waals surface area contributed by atoms with Crippen LogP contribution < -0.4 is 10.1 Å². The number of carbonyl (C=O) groups is 1. The second-order valence-corrected chi connectivity index (χ2v) is 6.47. The van der Waals surface area contributed by atoms with Gasteiger partial charge in [0.2, 0.25) is 0 Å². The van der Waals surface area contributed by atoms with Crippen LogP contribution in [0.1, 0.15) is 34.6 Å². The van der Waals surface area contributed by atoms with Crippen molar-refractivity contribution in [2.45, 2.75) is 45.8 Å². The van der Waals surface area contributed by atoms with Crippen LogP contribution in [0.15, 0.2) is 11.7 Å². The van der Waals surface area contributed by atoms with Gasteiger partial charge in [-0.05, 0) is 34.6 Å². The van der Waals surface area contributed by atoms with E-state index in [9.17, 15) is 4.79 Å². The maximum atomic E-state index is 11.6. The Bertz CT molecular complexity index is 383. The van der Waals surface area contributed by atoms with Crippen LogP contribution in [0.3, 0.4) is 0 Å². The lowest BCUT2D eigenvalue weighted by atomic mass is 10.1. The summed E-state index contributed by atoms with van der Waals surface area (Å²) in [5, 5.41) is 3.50. The SMILES string of the molecule is CC(C)(COc1cncs1)NC(=O)OC(C)(C)C. The molecule has 18 heavy (non-hydrogen) atoms. The molecule has 0 unspecified atom stereocenters. The van der Waals surface area contributed by atoms with Crippen molar-refractivity contribution < 1.29 is 14.3 Å². The number of nitrogens with one attached hydrogen (secondary N) is 1. The number of carbonyl (C=O) groups excluding carboxylic acids is 1. The molecule has 0 atom stereocenters. The molecule has 1 heterocycles. The largest absolute Gasteiger partial charge is 0.480 e. The van der Waals surface area contributed by atoms with Crippen LogP contribution in [0.5, 0.6) is 5.06 Å². The fourth-order valence-electron chi connectivity index (χ4n) is 1.14. The number of hydrogen-bond donors (Lipinski definition) is 1. The van der Waals surface area contributed by atoms with Crippen LogP contribution in [-0.4, -0.2) is 28.8 Å². The fourth-order valence-corrected chi connectivity index (χ4v) is 1.62. The lowest BCUT2D eigenvalue weighted by molar-refractivity contribution is 0.0442. The van der Waals surface area contributed by atoms with E-state index in [2.05, 4.69) is 10.3 Å². The van der Waals surface area contributed by atoms with Crippen LogP contribution in [0.2, 0.25) is 0 Å². The Labute approximate surface area is 112 Å². The zero-order valence-electron chi connectivity index (χ0n) is 11.4. The molecule has 1 amide bonds. The molecule has 102 valence electrons. The van der Waals surface area contributed by atoms with Gasteiger partial charge in [-0.3, -0.25) is 0 Å². The van der Waals surface area contributed by atoms with E-state index in [4.69, 9.17) is 9.47 Å². The zero-order valence-corrected chi connectivity index (χ0v) is 12.3. The molecule has 0 saturated heterocycles. The van der Waals surface area contributed by atoms with E-state index in [0.717, 1.165) is 5.06 Å². The standard InChI is InChI=1S/C12H20N2O3S/c1-11(2,3)17-10(15)14-12(4,5)7-16-9-6-13-8-18-9/h6,8H,7H2,1-5H3,(H,14,15). The maximum Gasteiger partial charge on any atom is 0.408 e. The van der Waals surface area contributed by atoms with Gasteiger partial charge in [-0.2, -0.15) is 0 Å². The Kier molecular flexibility index (Phi) is 4.56. The van der Waals surface area contributed by atoms with E-state index in [1.165, 1.54) is 11.3 Å². The summed E-state index contributed by atoms with van der Waals surface area (Å²) in [6.07, 6.45) is 1.20. The van der Waals surface area contributed by atoms with Crippen molar-refractivity contribution >= 4 is 17.4 Å². The Hall–Kier alpha value is -1.30. The predicted octanol–water partition coefficient (Wildman–Crippen LogP) is 2.83. The van der Waals surface area contributed by atoms with Crippen LogP contribution >= 0.6 is 11.3 Å². The van der Waals surface area contributed by atoms with Crippen molar-refractivity contribution in [3.05, 3.63) is 11.7 Å². The van der Waals surface area contributed by atoms with Gasteiger partial charge in [0.05, 0.1) is 17.2 Å². The number of thiazole rings is 1. The van der Waals surface area contributed by atoms with E-state index < -0.39 is 17.2 Å². The molecule has 5 nitrogen and oxygen atoms in total.